The molecule has 2 N–H and O–H groups in total. The van der Waals surface area contributed by atoms with Crippen LogP contribution in [0.2, 0.25) is 0 Å². The van der Waals surface area contributed by atoms with Crippen molar-refractivity contribution in [2.45, 2.75) is 26.7 Å². The third kappa shape index (κ3) is 4.55. The van der Waals surface area contributed by atoms with E-state index in [0.29, 0.717) is 11.5 Å². The molecule has 4 aromatic rings. The second-order valence-electron chi connectivity index (χ2n) is 7.99. The molecule has 0 saturated carbocycles. The minimum absolute atomic E-state index is 0.345. The average Bonchev–Trinajstić information content (AvgIpc) is 2.75. The van der Waals surface area contributed by atoms with Crippen molar-refractivity contribution in [3.8, 4) is 22.6 Å². The molecule has 0 unspecified atom stereocenters. The fraction of sp³-hybridized carbons (Fsp3) is 0.143. The highest BCUT2D eigenvalue weighted by atomic mass is 16.3. The van der Waals surface area contributed by atoms with E-state index in [-0.39, 0.29) is 0 Å². The van der Waals surface area contributed by atoms with Gasteiger partial charge in [0, 0.05) is 0 Å². The van der Waals surface area contributed by atoms with Crippen LogP contribution < -0.4 is 0 Å². The van der Waals surface area contributed by atoms with E-state index in [9.17, 15) is 10.2 Å². The van der Waals surface area contributed by atoms with Gasteiger partial charge in [-0.05, 0) is 83.3 Å². The number of phenolic OH excluding ortho intramolecular Hbond substituents is 2. The molecular weight excluding hydrogens is 368 g/mol. The molecule has 0 aliphatic heterocycles. The molecule has 150 valence electrons. The number of phenols is 2. The van der Waals surface area contributed by atoms with Gasteiger partial charge in [-0.1, -0.05) is 72.8 Å². The summed E-state index contributed by atoms with van der Waals surface area (Å²) < 4.78 is 0. The third-order valence-corrected chi connectivity index (χ3v) is 5.58. The van der Waals surface area contributed by atoms with Gasteiger partial charge in [0.15, 0.2) is 0 Å². The predicted molar refractivity (Wildman–Crippen MR) is 123 cm³/mol. The van der Waals surface area contributed by atoms with Gasteiger partial charge in [0.05, 0.1) is 0 Å². The van der Waals surface area contributed by atoms with Gasteiger partial charge in [-0.25, -0.2) is 0 Å². The molecule has 4 aromatic carbocycles. The molecule has 0 aliphatic carbocycles. The van der Waals surface area contributed by atoms with Crippen LogP contribution in [0.25, 0.3) is 11.1 Å². The first-order chi connectivity index (χ1) is 14.5. The highest BCUT2D eigenvalue weighted by molar-refractivity contribution is 5.64. The summed E-state index contributed by atoms with van der Waals surface area (Å²) >= 11 is 0. The number of benzene rings is 4. The van der Waals surface area contributed by atoms with Crippen LogP contribution in [0, 0.1) is 13.8 Å². The maximum atomic E-state index is 9.69. The zero-order chi connectivity index (χ0) is 21.1. The Balaban J connectivity index is 1.44. The van der Waals surface area contributed by atoms with Crippen LogP contribution in [0.4, 0.5) is 0 Å². The van der Waals surface area contributed by atoms with Crippen molar-refractivity contribution in [2.24, 2.45) is 0 Å². The van der Waals surface area contributed by atoms with Crippen LogP contribution >= 0.6 is 0 Å². The van der Waals surface area contributed by atoms with Crippen molar-refractivity contribution in [1.82, 2.24) is 0 Å². The molecule has 30 heavy (non-hydrogen) atoms. The molecule has 2 nitrogen and oxygen atoms in total. The molecule has 0 amide bonds. The fourth-order valence-electron chi connectivity index (χ4n) is 3.76. The Labute approximate surface area is 178 Å². The molecule has 0 fully saturated rings. The lowest BCUT2D eigenvalue weighted by molar-refractivity contribution is 0.470. The Kier molecular flexibility index (Phi) is 5.58. The minimum Gasteiger partial charge on any atom is -0.508 e. The van der Waals surface area contributed by atoms with Gasteiger partial charge >= 0.3 is 0 Å². The maximum Gasteiger partial charge on any atom is 0.118 e. The van der Waals surface area contributed by atoms with Crippen LogP contribution in [0.1, 0.15) is 33.4 Å². The summed E-state index contributed by atoms with van der Waals surface area (Å²) in [5.74, 6) is 0.691. The van der Waals surface area contributed by atoms with Gasteiger partial charge in [0.2, 0.25) is 0 Å². The number of rotatable bonds is 5. The Morgan fingerprint density at radius 2 is 0.800 bits per heavy atom. The lowest BCUT2D eigenvalue weighted by Gasteiger charge is -2.08. The van der Waals surface area contributed by atoms with Crippen molar-refractivity contribution in [1.29, 1.82) is 0 Å². The van der Waals surface area contributed by atoms with Crippen molar-refractivity contribution < 1.29 is 10.2 Å². The van der Waals surface area contributed by atoms with Crippen molar-refractivity contribution >= 4 is 0 Å². The van der Waals surface area contributed by atoms with Gasteiger partial charge in [-0.15, -0.1) is 0 Å². The van der Waals surface area contributed by atoms with Crippen molar-refractivity contribution in [3.05, 3.63) is 118 Å². The monoisotopic (exact) mass is 394 g/mol. The predicted octanol–water partition coefficient (Wildman–Crippen LogP) is 6.56. The van der Waals surface area contributed by atoms with E-state index in [0.717, 1.165) is 24.0 Å². The van der Waals surface area contributed by atoms with Gasteiger partial charge < -0.3 is 10.2 Å². The van der Waals surface area contributed by atoms with E-state index in [1.54, 1.807) is 12.1 Å². The number of hydrogen-bond donors (Lipinski definition) is 2. The van der Waals surface area contributed by atoms with Crippen LogP contribution in [-0.2, 0) is 12.8 Å². The Bertz CT molecular complexity index is 1060. The number of aryl methyl sites for hydroxylation is 2. The number of aromatic hydroxyl groups is 2. The fourth-order valence-corrected chi connectivity index (χ4v) is 3.76. The zero-order valence-electron chi connectivity index (χ0n) is 17.4. The molecule has 0 bridgehead atoms. The lowest BCUT2D eigenvalue weighted by atomic mass is 9.97. The van der Waals surface area contributed by atoms with Crippen LogP contribution in [0.5, 0.6) is 11.5 Å². The second-order valence-corrected chi connectivity index (χ2v) is 7.99. The molecule has 2 heteroatoms. The second kappa shape index (κ2) is 8.46. The molecule has 0 aromatic heterocycles. The molecule has 0 heterocycles. The lowest BCUT2D eigenvalue weighted by Crippen LogP contribution is -1.91. The Hall–Kier alpha value is -3.52. The van der Waals surface area contributed by atoms with Gasteiger partial charge in [-0.2, -0.15) is 0 Å². The summed E-state index contributed by atoms with van der Waals surface area (Å²) in [5.41, 5.74) is 9.13. The molecule has 0 saturated heterocycles. The normalized spacial score (nSPS) is 10.9. The first-order valence-corrected chi connectivity index (χ1v) is 10.2. The third-order valence-electron chi connectivity index (χ3n) is 5.58. The number of hydrogen-bond acceptors (Lipinski definition) is 2. The first-order valence-electron chi connectivity index (χ1n) is 10.2. The zero-order valence-corrected chi connectivity index (χ0v) is 17.4. The molecular formula is C28H26O2. The summed E-state index contributed by atoms with van der Waals surface area (Å²) in [4.78, 5) is 0. The maximum absolute atomic E-state index is 9.69. The average molecular weight is 395 g/mol. The van der Waals surface area contributed by atoms with E-state index in [2.05, 4.69) is 48.5 Å². The van der Waals surface area contributed by atoms with E-state index in [1.807, 2.05) is 38.1 Å². The molecule has 0 radical (unpaired) electrons. The molecule has 0 spiro atoms. The summed E-state index contributed by atoms with van der Waals surface area (Å²) in [6.07, 6.45) is 1.71. The van der Waals surface area contributed by atoms with Crippen LogP contribution in [-0.4, -0.2) is 10.2 Å². The first kappa shape index (κ1) is 19.8. The smallest absolute Gasteiger partial charge is 0.118 e. The highest BCUT2D eigenvalue weighted by Crippen LogP contribution is 2.24. The van der Waals surface area contributed by atoms with Gasteiger partial charge in [0.25, 0.3) is 0 Å². The minimum atomic E-state index is 0.345. The summed E-state index contributed by atoms with van der Waals surface area (Å²) in [7, 11) is 0. The molecule has 0 aliphatic rings. The summed E-state index contributed by atoms with van der Waals surface area (Å²) in [6, 6.07) is 28.9. The van der Waals surface area contributed by atoms with E-state index < -0.39 is 0 Å². The highest BCUT2D eigenvalue weighted by Gasteiger charge is 2.04. The standard InChI is InChI=1S/C28H26O2/c1-19-15-23(7-13-27(19)29)17-21-3-9-25(10-4-21)26-11-5-22(6-12-26)18-24-8-14-28(30)20(2)16-24/h3-16,29-30H,17-18H2,1-2H3. The quantitative estimate of drug-likeness (QED) is 0.402. The summed E-state index contributed by atoms with van der Waals surface area (Å²) in [6.45, 7) is 3.85. The van der Waals surface area contributed by atoms with E-state index in [1.165, 1.54) is 33.4 Å². The van der Waals surface area contributed by atoms with Gasteiger partial charge in [0.1, 0.15) is 11.5 Å². The van der Waals surface area contributed by atoms with Crippen molar-refractivity contribution in [2.75, 3.05) is 0 Å². The molecule has 0 atom stereocenters. The Morgan fingerprint density at radius 3 is 1.13 bits per heavy atom. The Morgan fingerprint density at radius 1 is 0.467 bits per heavy atom. The summed E-state index contributed by atoms with van der Waals surface area (Å²) in [5, 5.41) is 19.4. The van der Waals surface area contributed by atoms with Gasteiger partial charge in [-0.3, -0.25) is 0 Å². The SMILES string of the molecule is Cc1cc(Cc2ccc(-c3ccc(Cc4ccc(O)c(C)c4)cc3)cc2)ccc1O. The largest absolute Gasteiger partial charge is 0.508 e. The van der Waals surface area contributed by atoms with Crippen LogP contribution in [0.15, 0.2) is 84.9 Å². The van der Waals surface area contributed by atoms with Crippen molar-refractivity contribution in [3.63, 3.8) is 0 Å². The van der Waals surface area contributed by atoms with E-state index in [4.69, 9.17) is 0 Å². The topological polar surface area (TPSA) is 40.5 Å². The van der Waals surface area contributed by atoms with E-state index >= 15 is 0 Å². The molecule has 4 rings (SSSR count). The van der Waals surface area contributed by atoms with Crippen LogP contribution in [0.3, 0.4) is 0 Å².